The number of hydrogen-bond acceptors (Lipinski definition) is 4. The van der Waals surface area contributed by atoms with Gasteiger partial charge < -0.3 is 4.55 Å². The molecule has 0 spiro atoms. The van der Waals surface area contributed by atoms with Gasteiger partial charge in [-0.1, -0.05) is 10.5 Å². The maximum atomic E-state index is 12.0. The molecule has 0 saturated heterocycles. The van der Waals surface area contributed by atoms with E-state index >= 15 is 0 Å². The SMILES string of the molecule is CC(C)(C)[S@@+]([O-])/N=C1\CCc2ccc([N+](=O)[O-])cc21. The molecule has 6 heteroatoms. The van der Waals surface area contributed by atoms with Crippen molar-refractivity contribution in [2.45, 2.75) is 38.4 Å². The first kappa shape index (κ1) is 14.0. The molecule has 0 heterocycles. The number of nitrogens with zero attached hydrogens (tertiary/aromatic N) is 2. The zero-order valence-electron chi connectivity index (χ0n) is 11.2. The fourth-order valence-electron chi connectivity index (χ4n) is 1.88. The Morgan fingerprint density at radius 1 is 1.32 bits per heavy atom. The Morgan fingerprint density at radius 2 is 2.00 bits per heavy atom. The van der Waals surface area contributed by atoms with Gasteiger partial charge in [-0.15, -0.1) is 0 Å². The summed E-state index contributed by atoms with van der Waals surface area (Å²) in [5.74, 6) is 0. The topological polar surface area (TPSA) is 78.6 Å². The molecule has 102 valence electrons. The Bertz CT molecular complexity index is 549. The fourth-order valence-corrected chi connectivity index (χ4v) is 2.55. The molecule has 0 aromatic heterocycles. The van der Waals surface area contributed by atoms with E-state index in [9.17, 15) is 14.7 Å². The standard InChI is InChI=1S/C13H16N2O3S/c1-13(2,3)19(18)14-12-7-5-9-4-6-10(15(16)17)8-11(9)12/h4,6,8H,5,7H2,1-3H3/b14-12+/t19-/m1/s1. The van der Waals surface area contributed by atoms with Crippen LogP contribution in [0.4, 0.5) is 5.69 Å². The summed E-state index contributed by atoms with van der Waals surface area (Å²) in [4.78, 5) is 10.4. The van der Waals surface area contributed by atoms with E-state index in [2.05, 4.69) is 4.40 Å². The van der Waals surface area contributed by atoms with Crippen molar-refractivity contribution in [3.05, 3.63) is 39.4 Å². The van der Waals surface area contributed by atoms with E-state index < -0.39 is 21.0 Å². The largest absolute Gasteiger partial charge is 0.591 e. The third kappa shape index (κ3) is 2.96. The van der Waals surface area contributed by atoms with Gasteiger partial charge in [-0.2, -0.15) is 0 Å². The molecule has 0 saturated carbocycles. The normalized spacial score (nSPS) is 18.4. The van der Waals surface area contributed by atoms with Gasteiger partial charge in [-0.05, 0) is 39.2 Å². The molecule has 0 amide bonds. The van der Waals surface area contributed by atoms with Crippen LogP contribution in [-0.2, 0) is 17.8 Å². The lowest BCUT2D eigenvalue weighted by atomic mass is 10.1. The van der Waals surface area contributed by atoms with E-state index in [0.29, 0.717) is 12.1 Å². The zero-order chi connectivity index (χ0) is 14.2. The number of aryl methyl sites for hydroxylation is 1. The molecule has 0 unspecified atom stereocenters. The second-order valence-electron chi connectivity index (χ2n) is 5.50. The van der Waals surface area contributed by atoms with Crippen molar-refractivity contribution >= 4 is 22.8 Å². The van der Waals surface area contributed by atoms with Crippen LogP contribution in [-0.4, -0.2) is 19.9 Å². The Balaban J connectivity index is 2.38. The molecular formula is C13H16N2O3S. The third-order valence-corrected chi connectivity index (χ3v) is 4.40. The maximum absolute atomic E-state index is 12.0. The highest BCUT2D eigenvalue weighted by molar-refractivity contribution is 7.91. The minimum Gasteiger partial charge on any atom is -0.591 e. The van der Waals surface area contributed by atoms with Crippen molar-refractivity contribution in [3.8, 4) is 0 Å². The van der Waals surface area contributed by atoms with Crippen LogP contribution in [0, 0.1) is 10.1 Å². The van der Waals surface area contributed by atoms with Crippen molar-refractivity contribution in [2.75, 3.05) is 0 Å². The number of nitro benzene ring substituents is 1. The second-order valence-corrected chi connectivity index (χ2v) is 7.40. The number of hydrogen-bond donors (Lipinski definition) is 0. The molecule has 0 N–H and O–H groups in total. The molecule has 1 aromatic rings. The van der Waals surface area contributed by atoms with Crippen LogP contribution in [0.1, 0.15) is 38.3 Å². The Labute approximate surface area is 115 Å². The molecule has 5 nitrogen and oxygen atoms in total. The Hall–Kier alpha value is -1.40. The quantitative estimate of drug-likeness (QED) is 0.474. The maximum Gasteiger partial charge on any atom is 0.270 e. The number of rotatable bonds is 2. The molecule has 0 aliphatic heterocycles. The van der Waals surface area contributed by atoms with Crippen molar-refractivity contribution in [3.63, 3.8) is 0 Å². The summed E-state index contributed by atoms with van der Waals surface area (Å²) < 4.78 is 15.9. The second kappa shape index (κ2) is 4.94. The highest BCUT2D eigenvalue weighted by Gasteiger charge is 2.29. The van der Waals surface area contributed by atoms with Gasteiger partial charge >= 0.3 is 0 Å². The Kier molecular flexibility index (Phi) is 3.64. The summed E-state index contributed by atoms with van der Waals surface area (Å²) >= 11 is -1.33. The first-order valence-corrected chi connectivity index (χ1v) is 7.17. The van der Waals surface area contributed by atoms with Gasteiger partial charge in [0, 0.05) is 17.7 Å². The fraction of sp³-hybridized carbons (Fsp3) is 0.462. The monoisotopic (exact) mass is 280 g/mol. The van der Waals surface area contributed by atoms with E-state index in [1.54, 1.807) is 6.07 Å². The molecule has 1 aliphatic rings. The van der Waals surface area contributed by atoms with Crippen molar-refractivity contribution in [1.29, 1.82) is 0 Å². The number of non-ortho nitro benzene ring substituents is 1. The summed E-state index contributed by atoms with van der Waals surface area (Å²) in [5, 5.41) is 10.8. The smallest absolute Gasteiger partial charge is 0.270 e. The van der Waals surface area contributed by atoms with E-state index in [1.165, 1.54) is 12.1 Å². The Morgan fingerprint density at radius 3 is 2.58 bits per heavy atom. The number of benzene rings is 1. The lowest BCUT2D eigenvalue weighted by Gasteiger charge is -2.18. The van der Waals surface area contributed by atoms with E-state index in [-0.39, 0.29) is 5.69 Å². The van der Waals surface area contributed by atoms with Crippen molar-refractivity contribution in [2.24, 2.45) is 4.40 Å². The van der Waals surface area contributed by atoms with Crippen LogP contribution in [0.25, 0.3) is 0 Å². The minimum absolute atomic E-state index is 0.0508. The van der Waals surface area contributed by atoms with Gasteiger partial charge in [-0.3, -0.25) is 10.1 Å². The van der Waals surface area contributed by atoms with E-state index in [4.69, 9.17) is 0 Å². The molecule has 0 fully saturated rings. The number of fused-ring (bicyclic) bond motifs is 1. The predicted octanol–water partition coefficient (Wildman–Crippen LogP) is 2.79. The van der Waals surface area contributed by atoms with Crippen LogP contribution in [0.2, 0.25) is 0 Å². The van der Waals surface area contributed by atoms with Gasteiger partial charge in [-0.25, -0.2) is 0 Å². The summed E-state index contributed by atoms with van der Waals surface area (Å²) in [5.41, 5.74) is 2.57. The highest BCUT2D eigenvalue weighted by Crippen LogP contribution is 2.28. The first-order valence-electron chi connectivity index (χ1n) is 6.06. The minimum atomic E-state index is -1.33. The molecular weight excluding hydrogens is 264 g/mol. The van der Waals surface area contributed by atoms with Crippen LogP contribution in [0.3, 0.4) is 0 Å². The van der Waals surface area contributed by atoms with Gasteiger partial charge in [0.2, 0.25) is 0 Å². The van der Waals surface area contributed by atoms with Crippen LogP contribution >= 0.6 is 0 Å². The van der Waals surface area contributed by atoms with Crippen LogP contribution in [0.5, 0.6) is 0 Å². The third-order valence-electron chi connectivity index (χ3n) is 2.96. The van der Waals surface area contributed by atoms with Crippen LogP contribution in [0.15, 0.2) is 22.6 Å². The van der Waals surface area contributed by atoms with E-state index in [0.717, 1.165) is 17.5 Å². The molecule has 19 heavy (non-hydrogen) atoms. The summed E-state index contributed by atoms with van der Waals surface area (Å²) in [6.07, 6.45) is 1.49. The van der Waals surface area contributed by atoms with Gasteiger partial charge in [0.15, 0.2) is 0 Å². The van der Waals surface area contributed by atoms with Crippen LogP contribution < -0.4 is 0 Å². The summed E-state index contributed by atoms with van der Waals surface area (Å²) in [7, 11) is 0. The lowest BCUT2D eigenvalue weighted by molar-refractivity contribution is -0.384. The predicted molar refractivity (Wildman–Crippen MR) is 75.8 cm³/mol. The summed E-state index contributed by atoms with van der Waals surface area (Å²) in [6, 6.07) is 4.79. The van der Waals surface area contributed by atoms with Gasteiger partial charge in [0.05, 0.1) is 10.6 Å². The van der Waals surface area contributed by atoms with Gasteiger partial charge in [0.25, 0.3) is 5.69 Å². The average molecular weight is 280 g/mol. The van der Waals surface area contributed by atoms with Gasteiger partial charge in [0.1, 0.15) is 16.1 Å². The highest BCUT2D eigenvalue weighted by atomic mass is 32.2. The molecule has 1 aromatic carbocycles. The van der Waals surface area contributed by atoms with Crippen molar-refractivity contribution < 1.29 is 9.48 Å². The number of nitro groups is 1. The molecule has 1 aliphatic carbocycles. The molecule has 2 rings (SSSR count). The summed E-state index contributed by atoms with van der Waals surface area (Å²) in [6.45, 7) is 5.57. The molecule has 0 radical (unpaired) electrons. The molecule has 0 bridgehead atoms. The molecule has 1 atom stereocenters. The first-order chi connectivity index (χ1) is 8.79. The average Bonchev–Trinajstić information content (AvgIpc) is 2.70. The van der Waals surface area contributed by atoms with E-state index in [1.807, 2.05) is 20.8 Å². The zero-order valence-corrected chi connectivity index (χ0v) is 12.0. The van der Waals surface area contributed by atoms with Crippen molar-refractivity contribution in [1.82, 2.24) is 0 Å². The lowest BCUT2D eigenvalue weighted by Crippen LogP contribution is -2.26.